The maximum atomic E-state index is 12.7. The zero-order chi connectivity index (χ0) is 21.1. The predicted octanol–water partition coefficient (Wildman–Crippen LogP) is 3.86. The van der Waals surface area contributed by atoms with Crippen molar-refractivity contribution in [1.82, 2.24) is 0 Å². The van der Waals surface area contributed by atoms with Gasteiger partial charge in [0.15, 0.2) is 0 Å². The summed E-state index contributed by atoms with van der Waals surface area (Å²) in [6.07, 6.45) is 0.696. The zero-order valence-corrected chi connectivity index (χ0v) is 17.5. The molecule has 0 aromatic heterocycles. The van der Waals surface area contributed by atoms with Gasteiger partial charge in [-0.05, 0) is 72.6 Å². The molecule has 0 saturated heterocycles. The fraction of sp³-hybridized carbons (Fsp3) is 0.143. The van der Waals surface area contributed by atoms with Crippen LogP contribution in [0.25, 0.3) is 0 Å². The molecule has 8 heteroatoms. The number of aryl methyl sites for hydroxylation is 1. The summed E-state index contributed by atoms with van der Waals surface area (Å²) in [5.41, 5.74) is 0.871. The maximum absolute atomic E-state index is 12.7. The maximum Gasteiger partial charge on any atom is 0.339 e. The van der Waals surface area contributed by atoms with Crippen molar-refractivity contribution in [3.05, 3.63) is 78.4 Å². The molecular weight excluding hydrogens is 412 g/mol. The number of hydrogen-bond donors (Lipinski definition) is 0. The Labute approximate surface area is 170 Å². The lowest BCUT2D eigenvalue weighted by Crippen LogP contribution is -2.10. The minimum atomic E-state index is -4.02. The van der Waals surface area contributed by atoms with Gasteiger partial charge in [0.1, 0.15) is 16.4 Å². The highest BCUT2D eigenvalue weighted by molar-refractivity contribution is 7.91. The summed E-state index contributed by atoms with van der Waals surface area (Å²) in [7, 11) is -6.27. The second kappa shape index (κ2) is 8.26. The molecule has 0 atom stereocenters. The van der Waals surface area contributed by atoms with Crippen LogP contribution in [0.1, 0.15) is 12.5 Å². The van der Waals surface area contributed by atoms with Gasteiger partial charge >= 0.3 is 10.1 Å². The van der Waals surface area contributed by atoms with Crippen LogP contribution in [0.5, 0.6) is 11.5 Å². The van der Waals surface area contributed by atoms with E-state index in [1.807, 2.05) is 13.0 Å². The van der Waals surface area contributed by atoms with Crippen molar-refractivity contribution < 1.29 is 25.8 Å². The molecule has 0 unspecified atom stereocenters. The molecule has 0 aliphatic heterocycles. The van der Waals surface area contributed by atoms with E-state index in [4.69, 9.17) is 8.92 Å². The monoisotopic (exact) mass is 432 g/mol. The normalized spacial score (nSPS) is 11.8. The first-order valence-electron chi connectivity index (χ1n) is 8.79. The first-order chi connectivity index (χ1) is 13.8. The van der Waals surface area contributed by atoms with Crippen molar-refractivity contribution in [3.8, 4) is 11.5 Å². The minimum Gasteiger partial charge on any atom is -0.497 e. The number of methoxy groups -OCH3 is 1. The van der Waals surface area contributed by atoms with Crippen molar-refractivity contribution >= 4 is 20.0 Å². The third-order valence-electron chi connectivity index (χ3n) is 4.31. The lowest BCUT2D eigenvalue weighted by molar-refractivity contribution is 0.414. The zero-order valence-electron chi connectivity index (χ0n) is 15.9. The van der Waals surface area contributed by atoms with Gasteiger partial charge in [0, 0.05) is 0 Å². The van der Waals surface area contributed by atoms with Gasteiger partial charge in [-0.15, -0.1) is 0 Å². The van der Waals surface area contributed by atoms with Gasteiger partial charge < -0.3 is 8.92 Å². The van der Waals surface area contributed by atoms with E-state index in [0.29, 0.717) is 12.2 Å². The van der Waals surface area contributed by atoms with Gasteiger partial charge in [-0.25, -0.2) is 8.42 Å². The van der Waals surface area contributed by atoms with E-state index in [1.54, 1.807) is 24.3 Å². The van der Waals surface area contributed by atoms with Crippen molar-refractivity contribution in [1.29, 1.82) is 0 Å². The van der Waals surface area contributed by atoms with Gasteiger partial charge in [-0.2, -0.15) is 8.42 Å². The van der Waals surface area contributed by atoms with Crippen LogP contribution in [0.3, 0.4) is 0 Å². The van der Waals surface area contributed by atoms with Crippen LogP contribution in [0.2, 0.25) is 0 Å². The van der Waals surface area contributed by atoms with E-state index in [0.717, 1.165) is 5.56 Å². The Hall–Kier alpha value is -2.84. The molecule has 0 saturated carbocycles. The Morgan fingerprint density at radius 3 is 1.79 bits per heavy atom. The van der Waals surface area contributed by atoms with E-state index in [-0.39, 0.29) is 20.4 Å². The van der Waals surface area contributed by atoms with Gasteiger partial charge in [-0.3, -0.25) is 0 Å². The molecule has 3 aromatic carbocycles. The predicted molar refractivity (Wildman–Crippen MR) is 109 cm³/mol. The molecule has 0 N–H and O–H groups in total. The van der Waals surface area contributed by atoms with Crippen molar-refractivity contribution in [3.63, 3.8) is 0 Å². The van der Waals surface area contributed by atoms with Crippen LogP contribution in [0, 0.1) is 0 Å². The standard InChI is InChI=1S/C21H20O6S2/c1-3-16-5-4-6-21(15-16)29(24,25)27-18-9-13-20(14-10-18)28(22,23)19-11-7-17(26-2)8-12-19/h4-15H,3H2,1-2H3. The average Bonchev–Trinajstić information content (AvgIpc) is 2.74. The summed E-state index contributed by atoms with van der Waals surface area (Å²) in [4.78, 5) is 0.183. The third kappa shape index (κ3) is 4.60. The van der Waals surface area contributed by atoms with E-state index in [1.165, 1.54) is 49.6 Å². The Balaban J connectivity index is 1.84. The van der Waals surface area contributed by atoms with Gasteiger partial charge in [0.05, 0.1) is 16.9 Å². The number of benzene rings is 3. The summed E-state index contributed by atoms with van der Waals surface area (Å²) in [6, 6.07) is 17.8. The van der Waals surface area contributed by atoms with Crippen LogP contribution in [-0.4, -0.2) is 23.9 Å². The van der Waals surface area contributed by atoms with E-state index >= 15 is 0 Å². The first-order valence-corrected chi connectivity index (χ1v) is 11.7. The SMILES string of the molecule is CCc1cccc(S(=O)(=O)Oc2ccc(S(=O)(=O)c3ccc(OC)cc3)cc2)c1. The lowest BCUT2D eigenvalue weighted by Gasteiger charge is -2.09. The van der Waals surface area contributed by atoms with E-state index < -0.39 is 20.0 Å². The molecule has 3 rings (SSSR count). The Morgan fingerprint density at radius 1 is 0.724 bits per heavy atom. The molecule has 0 heterocycles. The molecule has 0 spiro atoms. The van der Waals surface area contributed by atoms with Crippen molar-refractivity contribution in [2.45, 2.75) is 28.0 Å². The Morgan fingerprint density at radius 2 is 1.28 bits per heavy atom. The summed E-state index contributed by atoms with van der Waals surface area (Å²) >= 11 is 0. The van der Waals surface area contributed by atoms with E-state index in [2.05, 4.69) is 0 Å². The summed E-state index contributed by atoms with van der Waals surface area (Å²) in [6.45, 7) is 1.93. The van der Waals surface area contributed by atoms with Crippen molar-refractivity contribution in [2.24, 2.45) is 0 Å². The highest BCUT2D eigenvalue weighted by Gasteiger charge is 2.20. The number of ether oxygens (including phenoxy) is 1. The first kappa shape index (κ1) is 20.9. The number of rotatable bonds is 7. The number of hydrogen-bond acceptors (Lipinski definition) is 6. The Kier molecular flexibility index (Phi) is 5.95. The summed E-state index contributed by atoms with van der Waals surface area (Å²) < 4.78 is 60.6. The Bertz CT molecular complexity index is 1200. The smallest absolute Gasteiger partial charge is 0.339 e. The third-order valence-corrected chi connectivity index (χ3v) is 7.33. The number of sulfone groups is 1. The molecule has 0 bridgehead atoms. The minimum absolute atomic E-state index is 0.0281. The molecule has 3 aromatic rings. The molecule has 6 nitrogen and oxygen atoms in total. The molecule has 29 heavy (non-hydrogen) atoms. The van der Waals surface area contributed by atoms with Gasteiger partial charge in [0.25, 0.3) is 0 Å². The van der Waals surface area contributed by atoms with Crippen LogP contribution in [-0.2, 0) is 26.4 Å². The van der Waals surface area contributed by atoms with Crippen LogP contribution < -0.4 is 8.92 Å². The highest BCUT2D eigenvalue weighted by Crippen LogP contribution is 2.26. The molecule has 152 valence electrons. The summed E-state index contributed by atoms with van der Waals surface area (Å²) in [5, 5.41) is 0. The second-order valence-corrected chi connectivity index (χ2v) is 9.68. The lowest BCUT2D eigenvalue weighted by atomic mass is 10.2. The highest BCUT2D eigenvalue weighted by atomic mass is 32.2. The molecule has 0 aliphatic rings. The van der Waals surface area contributed by atoms with Crippen LogP contribution in [0.15, 0.2) is 87.5 Å². The fourth-order valence-corrected chi connectivity index (χ4v) is 4.92. The van der Waals surface area contributed by atoms with E-state index in [9.17, 15) is 16.8 Å². The van der Waals surface area contributed by atoms with Gasteiger partial charge in [-0.1, -0.05) is 19.1 Å². The molecule has 0 aliphatic carbocycles. The molecule has 0 amide bonds. The molecule has 0 radical (unpaired) electrons. The van der Waals surface area contributed by atoms with Crippen LogP contribution >= 0.6 is 0 Å². The molecule has 0 fully saturated rings. The topological polar surface area (TPSA) is 86.7 Å². The average molecular weight is 433 g/mol. The van der Waals surface area contributed by atoms with Crippen LogP contribution in [0.4, 0.5) is 0 Å². The summed E-state index contributed by atoms with van der Waals surface area (Å²) in [5.74, 6) is 0.575. The quantitative estimate of drug-likeness (QED) is 0.527. The van der Waals surface area contributed by atoms with Crippen molar-refractivity contribution in [2.75, 3.05) is 7.11 Å². The second-order valence-electron chi connectivity index (χ2n) is 6.19. The fourth-order valence-electron chi connectivity index (χ4n) is 2.66. The largest absolute Gasteiger partial charge is 0.497 e. The molecular formula is C21H20O6S2. The van der Waals surface area contributed by atoms with Gasteiger partial charge in [0.2, 0.25) is 9.84 Å².